The molecular formula is C16H8Cl4F6S. The molecule has 0 aromatic heterocycles. The van der Waals surface area contributed by atoms with Crippen LogP contribution in [0, 0.1) is 0 Å². The quantitative estimate of drug-likeness (QED) is 0.292. The average molecular weight is 488 g/mol. The maximum Gasteiger partial charge on any atom is 0.373 e. The third kappa shape index (κ3) is 4.93. The molecule has 0 nitrogen and oxygen atoms in total. The van der Waals surface area contributed by atoms with Gasteiger partial charge in [0.2, 0.25) is 0 Å². The van der Waals surface area contributed by atoms with Crippen LogP contribution in [0.15, 0.2) is 58.3 Å². The Balaban J connectivity index is 2.17. The van der Waals surface area contributed by atoms with E-state index < -0.39 is 32.1 Å². The number of benzene rings is 2. The van der Waals surface area contributed by atoms with E-state index in [9.17, 15) is 26.3 Å². The van der Waals surface area contributed by atoms with Crippen LogP contribution in [0.4, 0.5) is 26.3 Å². The van der Waals surface area contributed by atoms with Crippen LogP contribution in [0.25, 0.3) is 0 Å². The normalized spacial score (nSPS) is 17.3. The third-order valence-electron chi connectivity index (χ3n) is 3.38. The fourth-order valence-electron chi connectivity index (χ4n) is 1.93. The predicted octanol–water partition coefficient (Wildman–Crippen LogP) is 8.22. The van der Waals surface area contributed by atoms with Crippen molar-refractivity contribution in [3.63, 3.8) is 0 Å². The van der Waals surface area contributed by atoms with Crippen molar-refractivity contribution in [1.29, 1.82) is 0 Å². The molecule has 27 heavy (non-hydrogen) atoms. The minimum absolute atomic E-state index is 0.483. The van der Waals surface area contributed by atoms with Crippen molar-refractivity contribution in [2.24, 2.45) is 0 Å². The van der Waals surface area contributed by atoms with Crippen LogP contribution in [0.5, 0.6) is 0 Å². The molecule has 0 bridgehead atoms. The van der Waals surface area contributed by atoms with E-state index in [0.29, 0.717) is 9.79 Å². The SMILES string of the molecule is FC(F)(Cl)C(F)(Cl)c1ccc(Sc2ccc(C(F)(Cl)C(F)(F)Cl)cc2)cc1. The smallest absolute Gasteiger partial charge is 0.212 e. The maximum atomic E-state index is 13.9. The number of hydrogen-bond acceptors (Lipinski definition) is 1. The topological polar surface area (TPSA) is 0 Å². The Morgan fingerprint density at radius 1 is 0.519 bits per heavy atom. The Labute approximate surface area is 174 Å². The number of halogens is 10. The van der Waals surface area contributed by atoms with E-state index in [1.807, 2.05) is 0 Å². The van der Waals surface area contributed by atoms with Gasteiger partial charge in [0.15, 0.2) is 0 Å². The molecule has 148 valence electrons. The average Bonchev–Trinajstić information content (AvgIpc) is 2.54. The summed E-state index contributed by atoms with van der Waals surface area (Å²) in [6.07, 6.45) is 0. The Kier molecular flexibility index (Phi) is 6.55. The highest BCUT2D eigenvalue weighted by Crippen LogP contribution is 2.49. The molecule has 0 aliphatic rings. The highest BCUT2D eigenvalue weighted by molar-refractivity contribution is 7.99. The summed E-state index contributed by atoms with van der Waals surface area (Å²) >= 11 is 20.7. The summed E-state index contributed by atoms with van der Waals surface area (Å²) in [5, 5.41) is -15.8. The Hall–Kier alpha value is -0.470. The minimum Gasteiger partial charge on any atom is -0.212 e. The molecule has 11 heteroatoms. The van der Waals surface area contributed by atoms with Crippen LogP contribution in [-0.4, -0.2) is 10.8 Å². The van der Waals surface area contributed by atoms with Gasteiger partial charge in [-0.1, -0.05) is 59.2 Å². The first kappa shape index (κ1) is 22.8. The van der Waals surface area contributed by atoms with Crippen molar-refractivity contribution in [2.75, 3.05) is 0 Å². The third-order valence-corrected chi connectivity index (χ3v) is 6.02. The summed E-state index contributed by atoms with van der Waals surface area (Å²) in [4.78, 5) is 0.967. The van der Waals surface area contributed by atoms with Gasteiger partial charge in [0, 0.05) is 20.9 Å². The van der Waals surface area contributed by atoms with Crippen LogP contribution >= 0.6 is 58.2 Å². The summed E-state index contributed by atoms with van der Waals surface area (Å²) in [6.45, 7) is 0. The molecular weight excluding hydrogens is 480 g/mol. The van der Waals surface area contributed by atoms with E-state index in [2.05, 4.69) is 23.2 Å². The zero-order valence-corrected chi connectivity index (χ0v) is 16.6. The van der Waals surface area contributed by atoms with Crippen molar-refractivity contribution in [3.8, 4) is 0 Å². The molecule has 0 heterocycles. The van der Waals surface area contributed by atoms with Gasteiger partial charge in [-0.3, -0.25) is 0 Å². The number of rotatable bonds is 6. The molecule has 0 spiro atoms. The Morgan fingerprint density at radius 2 is 0.778 bits per heavy atom. The molecule has 2 aromatic carbocycles. The van der Waals surface area contributed by atoms with Gasteiger partial charge in [0.25, 0.3) is 10.3 Å². The second kappa shape index (κ2) is 7.75. The van der Waals surface area contributed by atoms with Crippen LogP contribution in [0.3, 0.4) is 0 Å². The molecule has 0 N–H and O–H groups in total. The monoisotopic (exact) mass is 486 g/mol. The predicted molar refractivity (Wildman–Crippen MR) is 95.9 cm³/mol. The van der Waals surface area contributed by atoms with Gasteiger partial charge in [-0.25, -0.2) is 8.78 Å². The van der Waals surface area contributed by atoms with E-state index in [1.165, 1.54) is 24.3 Å². The lowest BCUT2D eigenvalue weighted by Crippen LogP contribution is -2.31. The van der Waals surface area contributed by atoms with Gasteiger partial charge in [0.1, 0.15) is 0 Å². The largest absolute Gasteiger partial charge is 0.373 e. The van der Waals surface area contributed by atoms with Gasteiger partial charge in [-0.05, 0) is 47.5 Å². The Morgan fingerprint density at radius 3 is 1.00 bits per heavy atom. The van der Waals surface area contributed by atoms with Crippen LogP contribution in [-0.2, 0) is 10.3 Å². The van der Waals surface area contributed by atoms with Crippen LogP contribution in [0.1, 0.15) is 11.1 Å². The fraction of sp³-hybridized carbons (Fsp3) is 0.250. The van der Waals surface area contributed by atoms with Crippen molar-refractivity contribution in [1.82, 2.24) is 0 Å². The van der Waals surface area contributed by atoms with Crippen molar-refractivity contribution in [2.45, 2.75) is 30.8 Å². The first-order chi connectivity index (χ1) is 12.2. The van der Waals surface area contributed by atoms with E-state index >= 15 is 0 Å². The number of alkyl halides is 10. The van der Waals surface area contributed by atoms with Crippen molar-refractivity contribution >= 4 is 58.2 Å². The zero-order chi connectivity index (χ0) is 20.7. The van der Waals surface area contributed by atoms with Crippen LogP contribution in [0.2, 0.25) is 0 Å². The minimum atomic E-state index is -4.32. The standard InChI is InChI=1S/C16H8Cl4F6S/c17-13(21,15(19,23)24)9-1-5-11(6-2-9)27-12-7-3-10(4-8-12)14(18,22)16(20,25)26/h1-8H. The molecule has 0 saturated carbocycles. The highest BCUT2D eigenvalue weighted by atomic mass is 35.5. The zero-order valence-electron chi connectivity index (χ0n) is 12.8. The highest BCUT2D eigenvalue weighted by Gasteiger charge is 2.54. The molecule has 2 rings (SSSR count). The molecule has 0 aliphatic heterocycles. The van der Waals surface area contributed by atoms with E-state index in [4.69, 9.17) is 23.2 Å². The summed E-state index contributed by atoms with van der Waals surface area (Å²) in [6, 6.07) is 9.34. The molecule has 2 atom stereocenters. The molecule has 0 fully saturated rings. The van der Waals surface area contributed by atoms with Crippen LogP contribution < -0.4 is 0 Å². The lowest BCUT2D eigenvalue weighted by molar-refractivity contribution is -0.0227. The maximum absolute atomic E-state index is 13.9. The fourth-order valence-corrected chi connectivity index (χ4v) is 3.21. The Bertz CT molecular complexity index is 715. The van der Waals surface area contributed by atoms with Gasteiger partial charge < -0.3 is 0 Å². The van der Waals surface area contributed by atoms with Gasteiger partial charge >= 0.3 is 10.8 Å². The molecule has 2 aromatic rings. The molecule has 0 saturated heterocycles. The number of hydrogen-bond donors (Lipinski definition) is 0. The summed E-state index contributed by atoms with van der Waals surface area (Å²) in [5.41, 5.74) is -1.09. The molecule has 0 radical (unpaired) electrons. The molecule has 0 amide bonds. The van der Waals surface area contributed by atoms with Gasteiger partial charge in [-0.15, -0.1) is 0 Å². The summed E-state index contributed by atoms with van der Waals surface area (Å²) in [7, 11) is 0. The van der Waals surface area contributed by atoms with E-state index in [1.54, 1.807) is 0 Å². The second-order valence-corrected chi connectivity index (χ2v) is 8.43. The van der Waals surface area contributed by atoms with Gasteiger partial charge in [0.05, 0.1) is 0 Å². The van der Waals surface area contributed by atoms with Gasteiger partial charge in [-0.2, -0.15) is 17.6 Å². The second-order valence-electron chi connectivity index (χ2n) is 5.30. The summed E-state index contributed by atoms with van der Waals surface area (Å²) in [5.74, 6) is 0. The first-order valence-corrected chi connectivity index (χ1v) is 9.27. The van der Waals surface area contributed by atoms with Crippen molar-refractivity contribution < 1.29 is 26.3 Å². The van der Waals surface area contributed by atoms with E-state index in [0.717, 1.165) is 36.0 Å². The summed E-state index contributed by atoms with van der Waals surface area (Å²) < 4.78 is 79.8. The lowest BCUT2D eigenvalue weighted by atomic mass is 10.1. The lowest BCUT2D eigenvalue weighted by Gasteiger charge is -2.23. The molecule has 2 unspecified atom stereocenters. The molecule has 0 aliphatic carbocycles. The van der Waals surface area contributed by atoms with Crippen molar-refractivity contribution in [3.05, 3.63) is 59.7 Å². The first-order valence-electron chi connectivity index (χ1n) is 6.94. The van der Waals surface area contributed by atoms with E-state index in [-0.39, 0.29) is 0 Å².